The second-order valence-corrected chi connectivity index (χ2v) is 8.32. The van der Waals surface area contributed by atoms with Crippen LogP contribution in [0, 0.1) is 17.8 Å². The van der Waals surface area contributed by atoms with Gasteiger partial charge in [0, 0.05) is 21.7 Å². The molecule has 0 aliphatic heterocycles. The predicted molar refractivity (Wildman–Crippen MR) is 91.8 cm³/mol. The van der Waals surface area contributed by atoms with Crippen LogP contribution in [0.5, 0.6) is 0 Å². The number of hydrogen-bond donors (Lipinski definition) is 1. The molecule has 2 aliphatic carbocycles. The molecule has 2 fully saturated rings. The van der Waals surface area contributed by atoms with Crippen molar-refractivity contribution in [2.24, 2.45) is 17.8 Å². The number of benzene rings is 1. The van der Waals surface area contributed by atoms with Gasteiger partial charge >= 0.3 is 0 Å². The van der Waals surface area contributed by atoms with Gasteiger partial charge in [0.25, 0.3) is 0 Å². The minimum absolute atomic E-state index is 0.469. The van der Waals surface area contributed by atoms with E-state index in [1.54, 1.807) is 0 Å². The molecule has 2 aliphatic rings. The molecule has 2 bridgehead atoms. The maximum absolute atomic E-state index is 3.89. The number of thiophene rings is 1. The van der Waals surface area contributed by atoms with Crippen LogP contribution in [0.25, 0.3) is 10.1 Å². The van der Waals surface area contributed by atoms with Gasteiger partial charge in [-0.05, 0) is 68.4 Å². The lowest BCUT2D eigenvalue weighted by molar-refractivity contribution is 0.249. The lowest BCUT2D eigenvalue weighted by Crippen LogP contribution is -2.37. The monoisotopic (exact) mass is 299 g/mol. The topological polar surface area (TPSA) is 12.0 Å². The third-order valence-electron chi connectivity index (χ3n) is 5.82. The molecule has 1 aromatic carbocycles. The zero-order valence-corrected chi connectivity index (χ0v) is 13.8. The van der Waals surface area contributed by atoms with E-state index in [9.17, 15) is 0 Å². The SMILES string of the molecule is CC(NC(C)C1CC2CCC1C2)c1cc2ccccc2s1. The maximum Gasteiger partial charge on any atom is 0.0388 e. The Morgan fingerprint density at radius 3 is 2.71 bits per heavy atom. The van der Waals surface area contributed by atoms with Crippen LogP contribution in [-0.4, -0.2) is 6.04 Å². The highest BCUT2D eigenvalue weighted by Gasteiger charge is 2.41. The fourth-order valence-electron chi connectivity index (χ4n) is 4.72. The minimum Gasteiger partial charge on any atom is -0.307 e. The van der Waals surface area contributed by atoms with Gasteiger partial charge in [0.2, 0.25) is 0 Å². The predicted octanol–water partition coefficient (Wildman–Crippen LogP) is 5.38. The van der Waals surface area contributed by atoms with Gasteiger partial charge in [-0.25, -0.2) is 0 Å². The fourth-order valence-corrected chi connectivity index (χ4v) is 5.80. The second-order valence-electron chi connectivity index (χ2n) is 7.20. The Balaban J connectivity index is 1.46. The van der Waals surface area contributed by atoms with E-state index in [2.05, 4.69) is 49.5 Å². The van der Waals surface area contributed by atoms with Crippen LogP contribution < -0.4 is 5.32 Å². The molecule has 1 N–H and O–H groups in total. The molecule has 1 nitrogen and oxygen atoms in total. The quantitative estimate of drug-likeness (QED) is 0.799. The van der Waals surface area contributed by atoms with E-state index in [0.717, 1.165) is 17.8 Å². The molecule has 2 aromatic rings. The molecule has 0 radical (unpaired) electrons. The van der Waals surface area contributed by atoms with E-state index < -0.39 is 0 Å². The summed E-state index contributed by atoms with van der Waals surface area (Å²) in [7, 11) is 0. The first-order chi connectivity index (χ1) is 10.2. The van der Waals surface area contributed by atoms with E-state index in [1.807, 2.05) is 11.3 Å². The van der Waals surface area contributed by atoms with E-state index in [4.69, 9.17) is 0 Å². The fraction of sp³-hybridized carbons (Fsp3) is 0.579. The third kappa shape index (κ3) is 2.53. The number of hydrogen-bond acceptors (Lipinski definition) is 2. The first-order valence-electron chi connectivity index (χ1n) is 8.45. The van der Waals surface area contributed by atoms with Crippen molar-refractivity contribution in [3.63, 3.8) is 0 Å². The molecule has 0 amide bonds. The maximum atomic E-state index is 3.89. The largest absolute Gasteiger partial charge is 0.307 e. The molecule has 0 spiro atoms. The molecule has 2 heteroatoms. The molecular formula is C19H25NS. The zero-order chi connectivity index (χ0) is 14.4. The lowest BCUT2D eigenvalue weighted by atomic mass is 9.84. The molecule has 112 valence electrons. The first kappa shape index (κ1) is 13.8. The highest BCUT2D eigenvalue weighted by molar-refractivity contribution is 7.19. The summed E-state index contributed by atoms with van der Waals surface area (Å²) >= 11 is 1.94. The van der Waals surface area contributed by atoms with E-state index in [-0.39, 0.29) is 0 Å². The zero-order valence-electron chi connectivity index (χ0n) is 13.0. The number of fused-ring (bicyclic) bond motifs is 3. The van der Waals surface area contributed by atoms with Gasteiger partial charge in [0.15, 0.2) is 0 Å². The summed E-state index contributed by atoms with van der Waals surface area (Å²) in [6.45, 7) is 4.74. The lowest BCUT2D eigenvalue weighted by Gasteiger charge is -2.30. The Kier molecular flexibility index (Phi) is 3.55. The first-order valence-corrected chi connectivity index (χ1v) is 9.27. The average Bonchev–Trinajstić information content (AvgIpc) is 3.21. The molecule has 5 atom stereocenters. The summed E-state index contributed by atoms with van der Waals surface area (Å²) in [4.78, 5) is 1.48. The van der Waals surface area contributed by atoms with Gasteiger partial charge < -0.3 is 5.32 Å². The molecule has 1 aromatic heterocycles. The summed E-state index contributed by atoms with van der Waals surface area (Å²) in [6.07, 6.45) is 5.96. The molecular weight excluding hydrogens is 274 g/mol. The van der Waals surface area contributed by atoms with Crippen LogP contribution in [0.15, 0.2) is 30.3 Å². The highest BCUT2D eigenvalue weighted by Crippen LogP contribution is 2.49. The average molecular weight is 299 g/mol. The van der Waals surface area contributed by atoms with Gasteiger partial charge in [0.05, 0.1) is 0 Å². The van der Waals surface area contributed by atoms with Gasteiger partial charge in [0.1, 0.15) is 0 Å². The Morgan fingerprint density at radius 1 is 1.14 bits per heavy atom. The summed E-state index contributed by atoms with van der Waals surface area (Å²) in [5, 5.41) is 5.28. The summed E-state index contributed by atoms with van der Waals surface area (Å²) in [6, 6.07) is 12.2. The molecule has 21 heavy (non-hydrogen) atoms. The van der Waals surface area contributed by atoms with Crippen molar-refractivity contribution in [3.8, 4) is 0 Å². The van der Waals surface area contributed by atoms with Gasteiger partial charge in [-0.3, -0.25) is 0 Å². The van der Waals surface area contributed by atoms with Crippen molar-refractivity contribution in [1.29, 1.82) is 0 Å². The second kappa shape index (κ2) is 5.40. The van der Waals surface area contributed by atoms with Gasteiger partial charge in [-0.1, -0.05) is 24.6 Å². The van der Waals surface area contributed by atoms with Crippen molar-refractivity contribution in [2.45, 2.75) is 51.6 Å². The standard InChI is InChI=1S/C19H25NS/c1-12(17-10-14-7-8-15(17)9-14)20-13(2)19-11-16-5-3-4-6-18(16)21-19/h3-6,11-15,17,20H,7-10H2,1-2H3. The van der Waals surface area contributed by atoms with Crippen LogP contribution >= 0.6 is 11.3 Å². The Bertz CT molecular complexity index is 598. The normalized spacial score (nSPS) is 30.9. The van der Waals surface area contributed by atoms with Crippen molar-refractivity contribution >= 4 is 21.4 Å². The van der Waals surface area contributed by atoms with Crippen LogP contribution in [0.2, 0.25) is 0 Å². The summed E-state index contributed by atoms with van der Waals surface area (Å²) in [5.41, 5.74) is 0. The van der Waals surface area contributed by atoms with E-state index >= 15 is 0 Å². The Labute approximate surface area is 131 Å². The smallest absolute Gasteiger partial charge is 0.0388 e. The van der Waals surface area contributed by atoms with Crippen LogP contribution in [0.3, 0.4) is 0 Å². The van der Waals surface area contributed by atoms with E-state index in [1.165, 1.54) is 40.6 Å². The van der Waals surface area contributed by atoms with Crippen LogP contribution in [-0.2, 0) is 0 Å². The third-order valence-corrected chi connectivity index (χ3v) is 7.12. The van der Waals surface area contributed by atoms with Crippen molar-refractivity contribution in [2.75, 3.05) is 0 Å². The van der Waals surface area contributed by atoms with Crippen molar-refractivity contribution in [1.82, 2.24) is 5.32 Å². The summed E-state index contributed by atoms with van der Waals surface area (Å²) in [5.74, 6) is 2.97. The minimum atomic E-state index is 0.469. The molecule has 5 unspecified atom stereocenters. The number of nitrogens with one attached hydrogen (secondary N) is 1. The van der Waals surface area contributed by atoms with Crippen LogP contribution in [0.1, 0.15) is 50.4 Å². The van der Waals surface area contributed by atoms with E-state index in [0.29, 0.717) is 12.1 Å². The molecule has 2 saturated carbocycles. The van der Waals surface area contributed by atoms with Gasteiger partial charge in [-0.15, -0.1) is 11.3 Å². The van der Waals surface area contributed by atoms with Crippen molar-refractivity contribution < 1.29 is 0 Å². The Morgan fingerprint density at radius 2 is 2.00 bits per heavy atom. The molecule has 4 rings (SSSR count). The molecule has 1 heterocycles. The van der Waals surface area contributed by atoms with Gasteiger partial charge in [-0.2, -0.15) is 0 Å². The summed E-state index contributed by atoms with van der Waals surface area (Å²) < 4.78 is 1.41. The Hall–Kier alpha value is -0.860. The van der Waals surface area contributed by atoms with Crippen molar-refractivity contribution in [3.05, 3.63) is 35.2 Å². The molecule has 0 saturated heterocycles. The number of rotatable bonds is 4. The van der Waals surface area contributed by atoms with Crippen LogP contribution in [0.4, 0.5) is 0 Å². The highest BCUT2D eigenvalue weighted by atomic mass is 32.1.